The number of morpholine rings is 1. The van der Waals surface area contributed by atoms with Gasteiger partial charge in [0.1, 0.15) is 5.60 Å². The Labute approximate surface area is 141 Å². The molecule has 2 aliphatic rings. The third kappa shape index (κ3) is 5.35. The first-order chi connectivity index (χ1) is 10.7. The predicted octanol–water partition coefficient (Wildman–Crippen LogP) is 3.18. The zero-order valence-electron chi connectivity index (χ0n) is 15.5. The van der Waals surface area contributed by atoms with Crippen molar-refractivity contribution in [2.75, 3.05) is 26.3 Å². The van der Waals surface area contributed by atoms with Crippen molar-refractivity contribution in [2.24, 2.45) is 5.92 Å². The van der Waals surface area contributed by atoms with Gasteiger partial charge in [-0.25, -0.2) is 4.79 Å². The number of carbonyl (C=O) groups excluding carboxylic acids is 1. The van der Waals surface area contributed by atoms with Crippen LogP contribution in [-0.2, 0) is 9.47 Å². The lowest BCUT2D eigenvalue weighted by Gasteiger charge is -2.53. The van der Waals surface area contributed by atoms with Crippen molar-refractivity contribution in [3.8, 4) is 0 Å². The fourth-order valence-corrected chi connectivity index (χ4v) is 3.58. The molecule has 0 unspecified atom stereocenters. The highest BCUT2D eigenvalue weighted by atomic mass is 16.6. The van der Waals surface area contributed by atoms with Gasteiger partial charge in [-0.2, -0.15) is 0 Å². The molecule has 1 N–H and O–H groups in total. The lowest BCUT2D eigenvalue weighted by molar-refractivity contribution is -0.110. The van der Waals surface area contributed by atoms with E-state index in [1.807, 2.05) is 20.8 Å². The van der Waals surface area contributed by atoms with Gasteiger partial charge in [0.05, 0.1) is 13.2 Å². The lowest BCUT2D eigenvalue weighted by atomic mass is 9.75. The maximum atomic E-state index is 12.2. The first kappa shape index (κ1) is 18.5. The van der Waals surface area contributed by atoms with Crippen molar-refractivity contribution >= 4 is 6.09 Å². The zero-order chi connectivity index (χ0) is 17.1. The second-order valence-electron chi connectivity index (χ2n) is 8.55. The van der Waals surface area contributed by atoms with Crippen LogP contribution in [0.15, 0.2) is 0 Å². The second-order valence-corrected chi connectivity index (χ2v) is 8.55. The van der Waals surface area contributed by atoms with Gasteiger partial charge in [-0.05, 0) is 52.4 Å². The van der Waals surface area contributed by atoms with Crippen LogP contribution in [0, 0.1) is 5.92 Å². The summed E-state index contributed by atoms with van der Waals surface area (Å²) in [5.41, 5.74) is -0.232. The molecule has 0 aromatic heterocycles. The van der Waals surface area contributed by atoms with Crippen LogP contribution in [0.3, 0.4) is 0 Å². The summed E-state index contributed by atoms with van der Waals surface area (Å²) in [6, 6.07) is 0.125. The Morgan fingerprint density at radius 2 is 2.04 bits per heavy atom. The van der Waals surface area contributed by atoms with Crippen molar-refractivity contribution in [1.82, 2.24) is 10.2 Å². The summed E-state index contributed by atoms with van der Waals surface area (Å²) in [7, 11) is 0. The van der Waals surface area contributed by atoms with E-state index in [4.69, 9.17) is 9.47 Å². The highest BCUT2D eigenvalue weighted by Crippen LogP contribution is 2.39. The summed E-state index contributed by atoms with van der Waals surface area (Å²) >= 11 is 0. The smallest absolute Gasteiger partial charge is 0.407 e. The summed E-state index contributed by atoms with van der Waals surface area (Å²) in [6.07, 6.45) is 4.38. The standard InChI is InChI=1S/C18H34N2O3/c1-14(2)11-15(19-16(21)23-17(3,4)5)12-20-9-10-22-13-18(20)7-6-8-18/h14-15H,6-13H2,1-5H3,(H,19,21)/t15-/m0/s1. The van der Waals surface area contributed by atoms with Crippen molar-refractivity contribution < 1.29 is 14.3 Å². The molecule has 23 heavy (non-hydrogen) atoms. The second kappa shape index (κ2) is 7.39. The zero-order valence-corrected chi connectivity index (χ0v) is 15.5. The van der Waals surface area contributed by atoms with Crippen LogP contribution < -0.4 is 5.32 Å². The van der Waals surface area contributed by atoms with E-state index < -0.39 is 5.60 Å². The van der Waals surface area contributed by atoms with Gasteiger partial charge in [0.2, 0.25) is 0 Å². The van der Waals surface area contributed by atoms with Crippen molar-refractivity contribution in [3.05, 3.63) is 0 Å². The third-order valence-electron chi connectivity index (χ3n) is 4.75. The summed E-state index contributed by atoms with van der Waals surface area (Å²) in [5.74, 6) is 0.535. The Bertz CT molecular complexity index is 400. The molecule has 5 heteroatoms. The SMILES string of the molecule is CC(C)C[C@@H](CN1CCOCC12CCC2)NC(=O)OC(C)(C)C. The highest BCUT2D eigenvalue weighted by molar-refractivity contribution is 5.68. The fraction of sp³-hybridized carbons (Fsp3) is 0.944. The van der Waals surface area contributed by atoms with E-state index in [2.05, 4.69) is 24.1 Å². The van der Waals surface area contributed by atoms with Gasteiger partial charge < -0.3 is 14.8 Å². The molecule has 1 aliphatic heterocycles. The number of amides is 1. The summed E-state index contributed by atoms with van der Waals surface area (Å²) < 4.78 is 11.2. The normalized spacial score (nSPS) is 22.7. The van der Waals surface area contributed by atoms with Crippen molar-refractivity contribution in [2.45, 2.75) is 77.5 Å². The van der Waals surface area contributed by atoms with E-state index in [-0.39, 0.29) is 17.7 Å². The van der Waals surface area contributed by atoms with Gasteiger partial charge in [-0.3, -0.25) is 4.90 Å². The fourth-order valence-electron chi connectivity index (χ4n) is 3.58. The van der Waals surface area contributed by atoms with Crippen LogP contribution >= 0.6 is 0 Å². The van der Waals surface area contributed by atoms with E-state index in [0.29, 0.717) is 5.92 Å². The largest absolute Gasteiger partial charge is 0.444 e. The van der Waals surface area contributed by atoms with Gasteiger partial charge >= 0.3 is 6.09 Å². The molecule has 0 bridgehead atoms. The first-order valence-corrected chi connectivity index (χ1v) is 9.02. The molecule has 0 radical (unpaired) electrons. The molecule has 2 fully saturated rings. The van der Waals surface area contributed by atoms with E-state index >= 15 is 0 Å². The number of hydrogen-bond donors (Lipinski definition) is 1. The third-order valence-corrected chi connectivity index (χ3v) is 4.75. The minimum Gasteiger partial charge on any atom is -0.444 e. The highest BCUT2D eigenvalue weighted by Gasteiger charge is 2.45. The number of nitrogens with one attached hydrogen (secondary N) is 1. The van der Waals surface area contributed by atoms with Crippen molar-refractivity contribution in [3.63, 3.8) is 0 Å². The average Bonchev–Trinajstić information content (AvgIpc) is 2.34. The molecule has 1 heterocycles. The number of ether oxygens (including phenoxy) is 2. The maximum Gasteiger partial charge on any atom is 0.407 e. The number of alkyl carbamates (subject to hydrolysis) is 1. The molecule has 1 amide bonds. The molecule has 1 saturated carbocycles. The number of rotatable bonds is 5. The summed E-state index contributed by atoms with van der Waals surface area (Å²) in [5, 5.41) is 3.09. The van der Waals surface area contributed by atoms with E-state index in [1.54, 1.807) is 0 Å². The first-order valence-electron chi connectivity index (χ1n) is 9.02. The van der Waals surface area contributed by atoms with Crippen LogP contribution in [0.25, 0.3) is 0 Å². The summed E-state index contributed by atoms with van der Waals surface area (Å²) in [4.78, 5) is 14.7. The molecule has 2 rings (SSSR count). The minimum absolute atomic E-state index is 0.125. The molecule has 1 aliphatic carbocycles. The topological polar surface area (TPSA) is 50.8 Å². The quantitative estimate of drug-likeness (QED) is 0.843. The number of hydrogen-bond acceptors (Lipinski definition) is 4. The molecule has 1 atom stereocenters. The lowest BCUT2D eigenvalue weighted by Crippen LogP contribution is -2.63. The van der Waals surface area contributed by atoms with E-state index in [0.717, 1.165) is 32.7 Å². The van der Waals surface area contributed by atoms with Gasteiger partial charge in [0, 0.05) is 24.7 Å². The predicted molar refractivity (Wildman–Crippen MR) is 91.6 cm³/mol. The molecule has 1 saturated heterocycles. The Morgan fingerprint density at radius 3 is 2.57 bits per heavy atom. The van der Waals surface area contributed by atoms with E-state index in [1.165, 1.54) is 19.3 Å². The van der Waals surface area contributed by atoms with Gasteiger partial charge in [-0.15, -0.1) is 0 Å². The van der Waals surface area contributed by atoms with Gasteiger partial charge in [-0.1, -0.05) is 13.8 Å². The molecular formula is C18H34N2O3. The molecule has 0 aromatic carbocycles. The number of carbonyl (C=O) groups is 1. The minimum atomic E-state index is -0.458. The number of nitrogens with zero attached hydrogens (tertiary/aromatic N) is 1. The monoisotopic (exact) mass is 326 g/mol. The molecule has 5 nitrogen and oxygen atoms in total. The van der Waals surface area contributed by atoms with Crippen LogP contribution in [0.2, 0.25) is 0 Å². The molecule has 134 valence electrons. The van der Waals surface area contributed by atoms with Crippen molar-refractivity contribution in [1.29, 1.82) is 0 Å². The Balaban J connectivity index is 1.96. The van der Waals surface area contributed by atoms with Crippen LogP contribution in [0.4, 0.5) is 4.79 Å². The van der Waals surface area contributed by atoms with Gasteiger partial charge in [0.15, 0.2) is 0 Å². The Morgan fingerprint density at radius 1 is 1.35 bits per heavy atom. The van der Waals surface area contributed by atoms with Crippen LogP contribution in [0.1, 0.15) is 60.3 Å². The maximum absolute atomic E-state index is 12.2. The molecule has 1 spiro atoms. The molecule has 0 aromatic rings. The van der Waals surface area contributed by atoms with Crippen LogP contribution in [-0.4, -0.2) is 54.5 Å². The average molecular weight is 326 g/mol. The Hall–Kier alpha value is -0.810. The summed E-state index contributed by atoms with van der Waals surface area (Å²) in [6.45, 7) is 13.6. The van der Waals surface area contributed by atoms with Crippen LogP contribution in [0.5, 0.6) is 0 Å². The van der Waals surface area contributed by atoms with E-state index in [9.17, 15) is 4.79 Å². The van der Waals surface area contributed by atoms with Gasteiger partial charge in [0.25, 0.3) is 0 Å². The molecular weight excluding hydrogens is 292 g/mol. The Kier molecular flexibility index (Phi) is 5.95.